The molecule has 130 valence electrons. The van der Waals surface area contributed by atoms with Crippen LogP contribution in [0.3, 0.4) is 0 Å². The number of ether oxygens (including phenoxy) is 1. The predicted octanol–water partition coefficient (Wildman–Crippen LogP) is 3.63. The molecule has 2 aromatic heterocycles. The molecular weight excluding hydrogens is 336 g/mol. The lowest BCUT2D eigenvalue weighted by molar-refractivity contribution is 0.0408. The molecule has 0 bridgehead atoms. The summed E-state index contributed by atoms with van der Waals surface area (Å²) in [5.41, 5.74) is 0.358. The summed E-state index contributed by atoms with van der Waals surface area (Å²) < 4.78 is 6.92. The van der Waals surface area contributed by atoms with E-state index in [2.05, 4.69) is 0 Å². The van der Waals surface area contributed by atoms with Crippen molar-refractivity contribution in [1.29, 1.82) is 5.26 Å². The first-order valence-corrected chi connectivity index (χ1v) is 9.68. The van der Waals surface area contributed by atoms with Gasteiger partial charge in [-0.25, -0.2) is 4.79 Å². The molecule has 2 aromatic rings. The summed E-state index contributed by atoms with van der Waals surface area (Å²) in [6.07, 6.45) is 9.11. The second-order valence-corrected chi connectivity index (χ2v) is 7.08. The third-order valence-electron chi connectivity index (χ3n) is 4.70. The van der Waals surface area contributed by atoms with Gasteiger partial charge in [0.15, 0.2) is 0 Å². The lowest BCUT2D eigenvalue weighted by Gasteiger charge is -2.21. The van der Waals surface area contributed by atoms with Crippen LogP contribution < -0.4 is 5.56 Å². The van der Waals surface area contributed by atoms with E-state index in [1.807, 2.05) is 6.07 Å². The van der Waals surface area contributed by atoms with Crippen molar-refractivity contribution in [1.82, 2.24) is 4.40 Å². The highest BCUT2D eigenvalue weighted by Gasteiger charge is 2.24. The van der Waals surface area contributed by atoms with Crippen LogP contribution in [0.15, 0.2) is 34.1 Å². The van der Waals surface area contributed by atoms with Gasteiger partial charge in [0.05, 0.1) is 17.7 Å². The molecule has 0 N–H and O–H groups in total. The highest BCUT2D eigenvalue weighted by molar-refractivity contribution is 7.98. The topological polar surface area (TPSA) is 71.6 Å². The molecule has 0 amide bonds. The van der Waals surface area contributed by atoms with Crippen LogP contribution in [0.2, 0.25) is 0 Å². The molecule has 0 aromatic carbocycles. The zero-order valence-electron chi connectivity index (χ0n) is 14.2. The maximum absolute atomic E-state index is 12.8. The van der Waals surface area contributed by atoms with Crippen LogP contribution in [0.5, 0.6) is 0 Å². The number of rotatable bonds is 4. The maximum Gasteiger partial charge on any atom is 0.341 e. The normalized spacial score (nSPS) is 15.0. The molecule has 0 radical (unpaired) electrons. The van der Waals surface area contributed by atoms with E-state index in [4.69, 9.17) is 4.74 Å². The Morgan fingerprint density at radius 1 is 1.36 bits per heavy atom. The predicted molar refractivity (Wildman–Crippen MR) is 97.0 cm³/mol. The van der Waals surface area contributed by atoms with E-state index in [9.17, 15) is 14.9 Å². The van der Waals surface area contributed by atoms with E-state index in [-0.39, 0.29) is 5.56 Å². The van der Waals surface area contributed by atoms with E-state index < -0.39 is 11.5 Å². The molecule has 1 fully saturated rings. The summed E-state index contributed by atoms with van der Waals surface area (Å²) in [6, 6.07) is 7.12. The monoisotopic (exact) mass is 356 g/mol. The van der Waals surface area contributed by atoms with Gasteiger partial charge in [-0.2, -0.15) is 5.26 Å². The Balaban J connectivity index is 2.01. The molecule has 0 spiro atoms. The number of thioether (sulfide) groups is 1. The number of nitrogens with zero attached hydrogens (tertiary/aromatic N) is 2. The quantitative estimate of drug-likeness (QED) is 0.618. The van der Waals surface area contributed by atoms with Crippen molar-refractivity contribution in [2.45, 2.75) is 37.0 Å². The van der Waals surface area contributed by atoms with Gasteiger partial charge >= 0.3 is 5.97 Å². The van der Waals surface area contributed by atoms with Crippen LogP contribution >= 0.6 is 11.8 Å². The van der Waals surface area contributed by atoms with Crippen molar-refractivity contribution in [2.24, 2.45) is 5.92 Å². The number of fused-ring (bicyclic) bond motifs is 1. The lowest BCUT2D eigenvalue weighted by Crippen LogP contribution is -2.23. The molecule has 1 aliphatic carbocycles. The first kappa shape index (κ1) is 17.6. The standard InChI is InChI=1S/C19H20N2O3S/c1-25-17-14(11-20)18(22)21-10-6-5-9-15(21)16(17)19(23)24-12-13-7-3-2-4-8-13/h5-6,9-10,13H,2-4,7-8,12H2,1H3. The number of pyridine rings is 2. The van der Waals surface area contributed by atoms with Gasteiger partial charge in [-0.15, -0.1) is 11.8 Å². The van der Waals surface area contributed by atoms with Gasteiger partial charge < -0.3 is 4.74 Å². The molecule has 0 unspecified atom stereocenters. The van der Waals surface area contributed by atoms with Crippen LogP contribution in [0.1, 0.15) is 48.0 Å². The van der Waals surface area contributed by atoms with Gasteiger partial charge in [-0.3, -0.25) is 9.20 Å². The van der Waals surface area contributed by atoms with E-state index in [1.165, 1.54) is 35.4 Å². The Hall–Kier alpha value is -2.26. The summed E-state index contributed by atoms with van der Waals surface area (Å²) in [4.78, 5) is 25.7. The largest absolute Gasteiger partial charge is 0.462 e. The highest BCUT2D eigenvalue weighted by atomic mass is 32.2. The number of nitriles is 1. The fourth-order valence-corrected chi connectivity index (χ4v) is 4.13. The van der Waals surface area contributed by atoms with Crippen LogP contribution in [-0.2, 0) is 4.74 Å². The summed E-state index contributed by atoms with van der Waals surface area (Å²) in [5.74, 6) is -0.0568. The van der Waals surface area contributed by atoms with Crippen LogP contribution in [0.25, 0.3) is 5.52 Å². The summed E-state index contributed by atoms with van der Waals surface area (Å²) >= 11 is 1.23. The summed E-state index contributed by atoms with van der Waals surface area (Å²) in [6.45, 7) is 0.395. The van der Waals surface area contributed by atoms with Gasteiger partial charge in [0.2, 0.25) is 0 Å². The molecule has 0 atom stereocenters. The number of carbonyl (C=O) groups excluding carboxylic acids is 1. The van der Waals surface area contributed by atoms with Crippen LogP contribution in [0.4, 0.5) is 0 Å². The minimum Gasteiger partial charge on any atom is -0.462 e. The van der Waals surface area contributed by atoms with E-state index in [1.54, 1.807) is 30.7 Å². The third kappa shape index (κ3) is 3.42. The van der Waals surface area contributed by atoms with Crippen LogP contribution in [0, 0.1) is 17.2 Å². The second-order valence-electron chi connectivity index (χ2n) is 6.26. The van der Waals surface area contributed by atoms with Gasteiger partial charge in [-0.05, 0) is 37.1 Å². The Morgan fingerprint density at radius 2 is 2.12 bits per heavy atom. The van der Waals surface area contributed by atoms with Gasteiger partial charge in [0.25, 0.3) is 5.56 Å². The zero-order chi connectivity index (χ0) is 17.8. The number of hydrogen-bond donors (Lipinski definition) is 0. The fourth-order valence-electron chi connectivity index (χ4n) is 3.40. The van der Waals surface area contributed by atoms with Crippen molar-refractivity contribution in [3.05, 3.63) is 45.9 Å². The maximum atomic E-state index is 12.8. The zero-order valence-corrected chi connectivity index (χ0v) is 15.0. The highest BCUT2D eigenvalue weighted by Crippen LogP contribution is 2.28. The number of carbonyl (C=O) groups is 1. The van der Waals surface area contributed by atoms with E-state index in [0.717, 1.165) is 12.8 Å². The van der Waals surface area contributed by atoms with Crippen molar-refractivity contribution in [3.63, 3.8) is 0 Å². The Morgan fingerprint density at radius 3 is 2.80 bits per heavy atom. The Bertz CT molecular complexity index is 892. The molecule has 5 nitrogen and oxygen atoms in total. The fraction of sp³-hybridized carbons (Fsp3) is 0.421. The molecule has 6 heteroatoms. The number of esters is 1. The molecule has 25 heavy (non-hydrogen) atoms. The average molecular weight is 356 g/mol. The number of aromatic nitrogens is 1. The number of hydrogen-bond acceptors (Lipinski definition) is 5. The van der Waals surface area contributed by atoms with Crippen molar-refractivity contribution >= 4 is 23.2 Å². The van der Waals surface area contributed by atoms with Crippen LogP contribution in [-0.4, -0.2) is 23.2 Å². The molecule has 2 heterocycles. The molecular formula is C19H20N2O3S. The van der Waals surface area contributed by atoms with Crippen molar-refractivity contribution < 1.29 is 9.53 Å². The van der Waals surface area contributed by atoms with Gasteiger partial charge in [0, 0.05) is 11.1 Å². The average Bonchev–Trinajstić information content (AvgIpc) is 2.66. The Labute approximate surface area is 150 Å². The van der Waals surface area contributed by atoms with Crippen molar-refractivity contribution in [2.75, 3.05) is 12.9 Å². The third-order valence-corrected chi connectivity index (χ3v) is 5.51. The van der Waals surface area contributed by atoms with Gasteiger partial charge in [-0.1, -0.05) is 25.3 Å². The smallest absolute Gasteiger partial charge is 0.341 e. The molecule has 0 saturated heterocycles. The molecule has 1 aliphatic rings. The second kappa shape index (κ2) is 7.75. The van der Waals surface area contributed by atoms with E-state index in [0.29, 0.717) is 28.5 Å². The SMILES string of the molecule is CSc1c(C#N)c(=O)n2ccccc2c1C(=O)OCC1CCCCC1. The van der Waals surface area contributed by atoms with Crippen molar-refractivity contribution in [3.8, 4) is 6.07 Å². The Kier molecular flexibility index (Phi) is 5.44. The molecule has 0 aliphatic heterocycles. The van der Waals surface area contributed by atoms with Gasteiger partial charge in [0.1, 0.15) is 11.6 Å². The first-order chi connectivity index (χ1) is 12.2. The lowest BCUT2D eigenvalue weighted by atomic mass is 9.90. The van der Waals surface area contributed by atoms with E-state index >= 15 is 0 Å². The minimum absolute atomic E-state index is 0.0131. The minimum atomic E-state index is -0.463. The summed E-state index contributed by atoms with van der Waals surface area (Å²) in [5, 5.41) is 9.40. The molecule has 1 saturated carbocycles. The summed E-state index contributed by atoms with van der Waals surface area (Å²) in [7, 11) is 0. The first-order valence-electron chi connectivity index (χ1n) is 8.46. The molecule has 3 rings (SSSR count).